The number of piperazine rings is 2. The van der Waals surface area contributed by atoms with Crippen LogP contribution in [0.4, 0.5) is 24.5 Å². The Hall–Kier alpha value is -8.39. The van der Waals surface area contributed by atoms with E-state index < -0.39 is 129 Å². The molecule has 2 aromatic heterocycles. The van der Waals surface area contributed by atoms with Gasteiger partial charge in [-0.1, -0.05) is 18.6 Å². The molecule has 25 heteroatoms. The summed E-state index contributed by atoms with van der Waals surface area (Å²) < 4.78 is 95.0. The fourth-order valence-electron chi connectivity index (χ4n) is 17.3. The lowest BCUT2D eigenvalue weighted by atomic mass is 9.43. The average molecular weight is 1330 g/mol. The van der Waals surface area contributed by atoms with Gasteiger partial charge in [0.05, 0.1) is 59.9 Å². The van der Waals surface area contributed by atoms with Crippen LogP contribution in [0.25, 0.3) is 21.8 Å². The third kappa shape index (κ3) is 10.3. The first-order valence-electron chi connectivity index (χ1n) is 33.1. The number of methoxy groups -OCH3 is 2. The number of Topliss-reactive ketones (excluding diaryl/α,β-unsaturated/α-hetero) is 1. The maximum absolute atomic E-state index is 17.9. The van der Waals surface area contributed by atoms with E-state index in [2.05, 4.69) is 10.6 Å². The second kappa shape index (κ2) is 24.3. The van der Waals surface area contributed by atoms with Crippen LogP contribution in [0.15, 0.2) is 82.2 Å². The van der Waals surface area contributed by atoms with Crippen LogP contribution in [0.2, 0.25) is 0 Å². The molecule has 3 aromatic carbocycles. The molecule has 508 valence electrons. The molecule has 3 N–H and O–H groups in total. The van der Waals surface area contributed by atoms with Gasteiger partial charge < -0.3 is 67.8 Å². The summed E-state index contributed by atoms with van der Waals surface area (Å²) in [6, 6.07) is 6.80. The highest BCUT2D eigenvalue weighted by Crippen LogP contribution is 2.74. The first kappa shape index (κ1) is 64.9. The number of hydrogen-bond donors (Lipinski definition) is 3. The molecule has 10 atom stereocenters. The molecule has 5 saturated carbocycles. The van der Waals surface area contributed by atoms with Gasteiger partial charge in [-0.25, -0.2) is 32.3 Å². The lowest BCUT2D eigenvalue weighted by Crippen LogP contribution is -2.76. The molecule has 5 aromatic rings. The zero-order chi connectivity index (χ0) is 67.7. The van der Waals surface area contributed by atoms with Gasteiger partial charge in [0.1, 0.15) is 41.3 Å². The molecule has 3 aliphatic heterocycles. The van der Waals surface area contributed by atoms with Crippen LogP contribution in [0.3, 0.4) is 0 Å². The van der Waals surface area contributed by atoms with Crippen molar-refractivity contribution in [2.24, 2.45) is 28.6 Å². The van der Waals surface area contributed by atoms with Crippen LogP contribution in [-0.4, -0.2) is 165 Å². The molecule has 9 aliphatic rings. The van der Waals surface area contributed by atoms with Crippen molar-refractivity contribution in [2.75, 3.05) is 89.7 Å². The van der Waals surface area contributed by atoms with E-state index in [9.17, 15) is 43.5 Å². The third-order valence-electron chi connectivity index (χ3n) is 22.1. The van der Waals surface area contributed by atoms with E-state index in [4.69, 9.17) is 33.2 Å². The second-order valence-corrected chi connectivity index (χ2v) is 27.9. The van der Waals surface area contributed by atoms with E-state index in [0.29, 0.717) is 101 Å². The maximum Gasteiger partial charge on any atom is 0.343 e. The number of rotatable bonds is 18. The van der Waals surface area contributed by atoms with Crippen LogP contribution in [0.5, 0.6) is 11.5 Å². The smallest absolute Gasteiger partial charge is 0.343 e. The molecular weight excluding hydrogens is 1250 g/mol. The Morgan fingerprint density at radius 3 is 1.72 bits per heavy atom. The molecule has 96 heavy (non-hydrogen) atoms. The Balaban J connectivity index is 0.708. The first-order valence-corrected chi connectivity index (χ1v) is 33.1. The summed E-state index contributed by atoms with van der Waals surface area (Å²) in [6.45, 7) is 8.20. The summed E-state index contributed by atoms with van der Waals surface area (Å²) in [5, 5.41) is 18.3. The summed E-state index contributed by atoms with van der Waals surface area (Å²) in [5.74, 6) is -7.82. The number of pyridine rings is 2. The number of fused-ring (bicyclic) bond motifs is 6. The van der Waals surface area contributed by atoms with Crippen molar-refractivity contribution in [3.05, 3.63) is 127 Å². The van der Waals surface area contributed by atoms with Crippen molar-refractivity contribution in [1.82, 2.24) is 19.8 Å². The molecule has 10 unspecified atom stereocenters. The molecule has 22 nitrogen and oxygen atoms in total. The fourth-order valence-corrected chi connectivity index (χ4v) is 17.3. The Kier molecular flexibility index (Phi) is 16.4. The van der Waals surface area contributed by atoms with Gasteiger partial charge in [-0.2, -0.15) is 0 Å². The van der Waals surface area contributed by atoms with Crippen molar-refractivity contribution < 1.29 is 80.2 Å². The molecule has 1 spiro atoms. The predicted molar refractivity (Wildman–Crippen MR) is 343 cm³/mol. The van der Waals surface area contributed by atoms with E-state index in [0.717, 1.165) is 12.1 Å². The minimum Gasteiger partial charge on any atom is -0.492 e. The SMILES string of the molecule is COc1c(N2CCNC(C)C2)c(F)cc2c(=O)c(C(=O)OCC(COC(=O)c3cn(C4CC4)c4c(OC)c(N5CCNC(C)C5)c(F)cc4c3=O)OC(=O)c3ccc(C(=O)OCC(=O)C45OCC46CC(O)C4(F)C(CCC7=CC(=O)C=CC74C)C6CC5C)cc3)cn(C3CC3)c12. The number of halogens is 3. The topological polar surface area (TPSA) is 262 Å². The number of allylic oxidation sites excluding steroid dienone is 4. The highest BCUT2D eigenvalue weighted by atomic mass is 19.1. The molecule has 8 fully saturated rings. The summed E-state index contributed by atoms with van der Waals surface area (Å²) in [6.07, 6.45) is 7.78. The Morgan fingerprint density at radius 1 is 0.719 bits per heavy atom. The number of carbonyl (C=O) groups is 6. The Morgan fingerprint density at radius 2 is 1.24 bits per heavy atom. The molecule has 0 bridgehead atoms. The molecule has 6 aliphatic carbocycles. The average Bonchev–Trinajstić information content (AvgIpc) is 1.46. The van der Waals surface area contributed by atoms with Gasteiger partial charge in [0.2, 0.25) is 16.6 Å². The van der Waals surface area contributed by atoms with Gasteiger partial charge in [0.15, 0.2) is 47.3 Å². The molecule has 5 heterocycles. The standard InChI is InChI=1S/C71H77F3N6O16/c1-36-23-51-50-16-11-41-24-44(81)17-18-68(41,4)70(50,74)54(82)27-69(51)35-95-71(36,69)55(83)34-94-64(86)39-7-9-40(10-8-39)65(87)96-45(32-92-66(88)48-30-79(42-12-13-42)56-46(60(48)84)25-52(72)58(62(56)90-5)77-21-19-75-37(2)28-77)33-93-67(89)49-31-80(43-14-15-43)57-47(61(49)85)26-53(73)59(63(57)91-6)78-22-20-76-38(3)29-78/h7-10,17-18,24-26,30-31,36-38,42-43,45,50-51,54,75-76,82H,11-16,19-23,27-29,32-35H2,1-6H3. The Labute approximate surface area is 549 Å². The van der Waals surface area contributed by atoms with Crippen molar-refractivity contribution in [3.8, 4) is 11.5 Å². The lowest BCUT2D eigenvalue weighted by Gasteiger charge is -2.67. The van der Waals surface area contributed by atoms with E-state index in [1.54, 1.807) is 22.1 Å². The molecule has 0 amide bonds. The maximum atomic E-state index is 17.9. The van der Waals surface area contributed by atoms with E-state index in [-0.39, 0.29) is 93.7 Å². The van der Waals surface area contributed by atoms with Gasteiger partial charge in [0.25, 0.3) is 0 Å². The summed E-state index contributed by atoms with van der Waals surface area (Å²) in [5.41, 5.74) is -7.12. The Bertz CT molecular complexity index is 4130. The fraction of sp³-hybridized carbons (Fsp3) is 0.521. The summed E-state index contributed by atoms with van der Waals surface area (Å²) >= 11 is 0. The van der Waals surface area contributed by atoms with Gasteiger partial charge in [0, 0.05) is 92.6 Å². The number of benzene rings is 3. The highest BCUT2D eigenvalue weighted by Gasteiger charge is 2.81. The van der Waals surface area contributed by atoms with E-state index >= 15 is 13.2 Å². The van der Waals surface area contributed by atoms with Crippen LogP contribution < -0.4 is 40.8 Å². The van der Waals surface area contributed by atoms with Crippen molar-refractivity contribution in [3.63, 3.8) is 0 Å². The second-order valence-electron chi connectivity index (χ2n) is 27.9. The monoisotopic (exact) mass is 1330 g/mol. The number of aliphatic hydroxyl groups is 1. The quantitative estimate of drug-likeness (QED) is 0.0578. The summed E-state index contributed by atoms with van der Waals surface area (Å²) in [4.78, 5) is 116. The first-order chi connectivity index (χ1) is 46.0. The normalized spacial score (nSPS) is 29.3. The number of esters is 4. The van der Waals surface area contributed by atoms with Crippen LogP contribution in [-0.2, 0) is 33.3 Å². The van der Waals surface area contributed by atoms with Crippen molar-refractivity contribution >= 4 is 68.6 Å². The lowest BCUT2D eigenvalue weighted by molar-refractivity contribution is -0.309. The van der Waals surface area contributed by atoms with Crippen molar-refractivity contribution in [2.45, 2.75) is 127 Å². The number of nitrogens with zero attached hydrogens (tertiary/aromatic N) is 4. The van der Waals surface area contributed by atoms with Gasteiger partial charge in [-0.05, 0) is 133 Å². The van der Waals surface area contributed by atoms with Crippen LogP contribution in [0.1, 0.15) is 133 Å². The van der Waals surface area contributed by atoms with Gasteiger partial charge >= 0.3 is 23.9 Å². The number of anilines is 2. The number of ether oxygens (including phenoxy) is 7. The molecule has 14 rings (SSSR count). The minimum absolute atomic E-state index is 0.0259. The number of alkyl halides is 1. The number of aliphatic hydroxyl groups excluding tert-OH is 1. The van der Waals surface area contributed by atoms with Gasteiger partial charge in [-0.15, -0.1) is 0 Å². The predicted octanol–water partition coefficient (Wildman–Crippen LogP) is 7.21. The van der Waals surface area contributed by atoms with Crippen LogP contribution >= 0.6 is 0 Å². The zero-order valence-corrected chi connectivity index (χ0v) is 54.3. The largest absolute Gasteiger partial charge is 0.492 e. The van der Waals surface area contributed by atoms with E-state index in [1.807, 2.05) is 30.6 Å². The number of ketones is 2. The van der Waals surface area contributed by atoms with E-state index in [1.165, 1.54) is 63.0 Å². The third-order valence-corrected chi connectivity index (χ3v) is 22.1. The summed E-state index contributed by atoms with van der Waals surface area (Å²) in [7, 11) is 2.77. The number of aromatic nitrogens is 2. The molecular formula is C71H77F3N6O16. The van der Waals surface area contributed by atoms with Gasteiger partial charge in [-0.3, -0.25) is 19.2 Å². The zero-order valence-electron chi connectivity index (χ0n) is 54.3. The number of hydrogen-bond acceptors (Lipinski definition) is 20. The molecule has 0 radical (unpaired) electrons. The minimum atomic E-state index is -2.12. The number of nitrogens with one attached hydrogen (secondary N) is 2. The number of carbonyl (C=O) groups excluding carboxylic acids is 6. The highest BCUT2D eigenvalue weighted by molar-refractivity contribution is 6.02. The van der Waals surface area contributed by atoms with Crippen LogP contribution in [0, 0.1) is 40.2 Å². The molecule has 3 saturated heterocycles. The van der Waals surface area contributed by atoms with Crippen molar-refractivity contribution in [1.29, 1.82) is 0 Å².